The molecule has 1 N–H and O–H groups in total. The van der Waals surface area contributed by atoms with Gasteiger partial charge in [0.25, 0.3) is 0 Å². The molecule has 0 unspecified atom stereocenters. The lowest BCUT2D eigenvalue weighted by Gasteiger charge is -2.33. The predicted molar refractivity (Wildman–Crippen MR) is 112 cm³/mol. The number of rotatable bonds is 8. The van der Waals surface area contributed by atoms with Crippen molar-refractivity contribution < 1.29 is 17.9 Å². The molecule has 2 saturated heterocycles. The molecule has 0 radical (unpaired) electrons. The average molecular weight is 424 g/mol. The normalized spacial score (nSPS) is 22.5. The zero-order chi connectivity index (χ0) is 20.9. The van der Waals surface area contributed by atoms with Gasteiger partial charge in [-0.15, -0.1) is 0 Å². The molecule has 0 bridgehead atoms. The molecule has 2 aliphatic heterocycles. The molecule has 0 aliphatic carbocycles. The monoisotopic (exact) mass is 423 g/mol. The third-order valence-electron chi connectivity index (χ3n) is 5.95. The molecule has 1 amide bonds. The van der Waals surface area contributed by atoms with Gasteiger partial charge in [0, 0.05) is 39.3 Å². The van der Waals surface area contributed by atoms with Crippen molar-refractivity contribution in [1.29, 1.82) is 0 Å². The van der Waals surface area contributed by atoms with Gasteiger partial charge in [-0.3, -0.25) is 9.69 Å². The van der Waals surface area contributed by atoms with Crippen LogP contribution in [0.15, 0.2) is 29.2 Å². The van der Waals surface area contributed by atoms with Crippen molar-refractivity contribution >= 4 is 15.9 Å². The molecular formula is C21H33N3O4S. The molecule has 7 nitrogen and oxygen atoms in total. The van der Waals surface area contributed by atoms with Crippen LogP contribution in [-0.4, -0.2) is 75.5 Å². The number of piperazine rings is 1. The van der Waals surface area contributed by atoms with Crippen LogP contribution in [0, 0.1) is 0 Å². The van der Waals surface area contributed by atoms with Crippen molar-refractivity contribution in [2.75, 3.05) is 45.9 Å². The Morgan fingerprint density at radius 1 is 1.21 bits per heavy atom. The molecular weight excluding hydrogens is 390 g/mol. The van der Waals surface area contributed by atoms with E-state index in [1.165, 1.54) is 4.31 Å². The van der Waals surface area contributed by atoms with E-state index in [1.807, 2.05) is 17.0 Å². The molecule has 0 aromatic heterocycles. The highest BCUT2D eigenvalue weighted by atomic mass is 32.2. The minimum atomic E-state index is -3.49. The van der Waals surface area contributed by atoms with Gasteiger partial charge in [0.05, 0.1) is 17.5 Å². The highest BCUT2D eigenvalue weighted by Gasteiger charge is 2.29. The summed E-state index contributed by atoms with van der Waals surface area (Å²) in [6.45, 7) is 7.79. The second-order valence-electron chi connectivity index (χ2n) is 8.00. The van der Waals surface area contributed by atoms with Crippen molar-refractivity contribution in [2.45, 2.75) is 50.0 Å². The number of sulfonamides is 1. The fraction of sp³-hybridized carbons (Fsp3) is 0.667. The van der Waals surface area contributed by atoms with Gasteiger partial charge in [-0.25, -0.2) is 8.42 Å². The van der Waals surface area contributed by atoms with Crippen LogP contribution in [0.1, 0.15) is 44.6 Å². The lowest BCUT2D eigenvalue weighted by molar-refractivity contribution is -0.123. The number of hydrogen-bond acceptors (Lipinski definition) is 5. The highest BCUT2D eigenvalue weighted by molar-refractivity contribution is 7.89. The van der Waals surface area contributed by atoms with Crippen LogP contribution in [0.4, 0.5) is 0 Å². The Hall–Kier alpha value is -1.48. The Morgan fingerprint density at radius 3 is 2.48 bits per heavy atom. The van der Waals surface area contributed by atoms with E-state index < -0.39 is 10.0 Å². The van der Waals surface area contributed by atoms with Crippen LogP contribution in [0.5, 0.6) is 0 Å². The van der Waals surface area contributed by atoms with Gasteiger partial charge in [-0.05, 0) is 42.9 Å². The minimum absolute atomic E-state index is 0.0301. The van der Waals surface area contributed by atoms with Gasteiger partial charge >= 0.3 is 0 Å². The van der Waals surface area contributed by atoms with Gasteiger partial charge in [-0.2, -0.15) is 4.31 Å². The Kier molecular flexibility index (Phi) is 7.67. The van der Waals surface area contributed by atoms with Crippen molar-refractivity contribution in [3.05, 3.63) is 29.8 Å². The number of ether oxygens (including phenoxy) is 1. The molecule has 29 heavy (non-hydrogen) atoms. The molecule has 162 valence electrons. The second kappa shape index (κ2) is 10.0. The maximum absolute atomic E-state index is 12.9. The first kappa shape index (κ1) is 22.2. The van der Waals surface area contributed by atoms with E-state index in [4.69, 9.17) is 4.74 Å². The molecule has 2 heterocycles. The summed E-state index contributed by atoms with van der Waals surface area (Å²) in [5, 5.41) is 2.92. The van der Waals surface area contributed by atoms with Crippen LogP contribution in [0.3, 0.4) is 0 Å². The molecule has 0 saturated carbocycles. The molecule has 1 aromatic rings. The molecule has 0 spiro atoms. The van der Waals surface area contributed by atoms with E-state index in [0.717, 1.165) is 31.4 Å². The number of carbonyl (C=O) groups is 1. The van der Waals surface area contributed by atoms with Gasteiger partial charge in [0.15, 0.2) is 0 Å². The second-order valence-corrected chi connectivity index (χ2v) is 9.94. The van der Waals surface area contributed by atoms with E-state index in [9.17, 15) is 13.2 Å². The summed E-state index contributed by atoms with van der Waals surface area (Å²) in [6.07, 6.45) is 3.20. The van der Waals surface area contributed by atoms with Crippen LogP contribution in [0.2, 0.25) is 0 Å². The summed E-state index contributed by atoms with van der Waals surface area (Å²) in [5.74, 6) is 0.388. The SMILES string of the molecule is CC[C@H](C)c1ccc(S(=O)(=O)N2CCN(CC(=O)NC[C@H]3CCCO3)CC2)cc1. The minimum Gasteiger partial charge on any atom is -0.376 e. The molecule has 3 rings (SSSR count). The number of nitrogens with one attached hydrogen (secondary N) is 1. The fourth-order valence-corrected chi connectivity index (χ4v) is 5.20. The first-order valence-corrected chi connectivity index (χ1v) is 12.0. The smallest absolute Gasteiger partial charge is 0.243 e. The summed E-state index contributed by atoms with van der Waals surface area (Å²) in [4.78, 5) is 14.5. The summed E-state index contributed by atoms with van der Waals surface area (Å²) in [7, 11) is -3.49. The van der Waals surface area contributed by atoms with Gasteiger partial charge in [0.2, 0.25) is 15.9 Å². The number of hydrogen-bond donors (Lipinski definition) is 1. The van der Waals surface area contributed by atoms with Crippen molar-refractivity contribution in [2.24, 2.45) is 0 Å². The fourth-order valence-electron chi connectivity index (χ4n) is 3.77. The number of nitrogens with zero attached hydrogens (tertiary/aromatic N) is 2. The molecule has 1 aromatic carbocycles. The molecule has 2 atom stereocenters. The van der Waals surface area contributed by atoms with E-state index in [2.05, 4.69) is 19.2 Å². The number of carbonyl (C=O) groups excluding carboxylic acids is 1. The molecule has 2 aliphatic rings. The zero-order valence-electron chi connectivity index (χ0n) is 17.5. The Balaban J connectivity index is 1.48. The summed E-state index contributed by atoms with van der Waals surface area (Å²) >= 11 is 0. The first-order valence-electron chi connectivity index (χ1n) is 10.6. The maximum atomic E-state index is 12.9. The number of amides is 1. The third-order valence-corrected chi connectivity index (χ3v) is 7.86. The van der Waals surface area contributed by atoms with Gasteiger partial charge < -0.3 is 10.1 Å². The van der Waals surface area contributed by atoms with E-state index in [-0.39, 0.29) is 12.0 Å². The van der Waals surface area contributed by atoms with Crippen LogP contribution in [0.25, 0.3) is 0 Å². The quantitative estimate of drug-likeness (QED) is 0.690. The molecule has 8 heteroatoms. The third kappa shape index (κ3) is 5.78. The predicted octanol–water partition coefficient (Wildman–Crippen LogP) is 1.80. The van der Waals surface area contributed by atoms with Crippen molar-refractivity contribution in [1.82, 2.24) is 14.5 Å². The summed E-state index contributed by atoms with van der Waals surface area (Å²) in [6, 6.07) is 7.24. The average Bonchev–Trinajstić information content (AvgIpc) is 3.26. The zero-order valence-corrected chi connectivity index (χ0v) is 18.3. The van der Waals surface area contributed by atoms with Gasteiger partial charge in [-0.1, -0.05) is 26.0 Å². The summed E-state index contributed by atoms with van der Waals surface area (Å²) in [5.41, 5.74) is 1.16. The highest BCUT2D eigenvalue weighted by Crippen LogP contribution is 2.23. The Morgan fingerprint density at radius 2 is 1.90 bits per heavy atom. The van der Waals surface area contributed by atoms with Crippen LogP contribution in [-0.2, 0) is 19.6 Å². The van der Waals surface area contributed by atoms with E-state index >= 15 is 0 Å². The van der Waals surface area contributed by atoms with E-state index in [0.29, 0.717) is 50.1 Å². The lowest BCUT2D eigenvalue weighted by atomic mass is 9.99. The van der Waals surface area contributed by atoms with Crippen molar-refractivity contribution in [3.63, 3.8) is 0 Å². The Labute approximate surface area is 174 Å². The lowest BCUT2D eigenvalue weighted by Crippen LogP contribution is -2.51. The van der Waals surface area contributed by atoms with E-state index in [1.54, 1.807) is 12.1 Å². The topological polar surface area (TPSA) is 79.0 Å². The summed E-state index contributed by atoms with van der Waals surface area (Å²) < 4.78 is 32.9. The Bertz CT molecular complexity index is 768. The van der Waals surface area contributed by atoms with Crippen molar-refractivity contribution in [3.8, 4) is 0 Å². The van der Waals surface area contributed by atoms with Gasteiger partial charge in [0.1, 0.15) is 0 Å². The standard InChI is InChI=1S/C21H33N3O4S/c1-3-17(2)18-6-8-20(9-7-18)29(26,27)24-12-10-23(11-13-24)16-21(25)22-15-19-5-4-14-28-19/h6-9,17,19H,3-5,10-16H2,1-2H3,(H,22,25)/t17-,19+/m0/s1. The largest absolute Gasteiger partial charge is 0.376 e. The maximum Gasteiger partial charge on any atom is 0.243 e. The van der Waals surface area contributed by atoms with Crippen LogP contribution >= 0.6 is 0 Å². The molecule has 2 fully saturated rings. The number of benzene rings is 1. The van der Waals surface area contributed by atoms with Crippen LogP contribution < -0.4 is 5.32 Å². The first-order chi connectivity index (χ1) is 13.9.